The highest BCUT2D eigenvalue weighted by atomic mass is 35.5. The van der Waals surface area contributed by atoms with Gasteiger partial charge in [-0.25, -0.2) is 4.39 Å². The van der Waals surface area contributed by atoms with Crippen LogP contribution in [0, 0.1) is 12.7 Å². The van der Waals surface area contributed by atoms with Gasteiger partial charge >= 0.3 is 0 Å². The first-order valence-corrected chi connectivity index (χ1v) is 10.5. The second-order valence-electron chi connectivity index (χ2n) is 7.59. The Labute approximate surface area is 193 Å². The zero-order valence-corrected chi connectivity index (χ0v) is 18.4. The molecule has 0 aliphatic rings. The van der Waals surface area contributed by atoms with Gasteiger partial charge in [-0.2, -0.15) is 0 Å². The van der Waals surface area contributed by atoms with Gasteiger partial charge in [0.25, 0.3) is 0 Å². The molecule has 0 bridgehead atoms. The van der Waals surface area contributed by atoms with Crippen molar-refractivity contribution in [2.75, 3.05) is 0 Å². The fourth-order valence-corrected chi connectivity index (χ4v) is 3.61. The second-order valence-corrected chi connectivity index (χ2v) is 8.02. The largest absolute Gasteiger partial charge is 0.350 e. The van der Waals surface area contributed by atoms with E-state index in [1.54, 1.807) is 24.3 Å². The molecule has 166 valence electrons. The van der Waals surface area contributed by atoms with Crippen molar-refractivity contribution in [2.45, 2.75) is 20.0 Å². The summed E-state index contributed by atoms with van der Waals surface area (Å²) in [6.07, 6.45) is 4.22. The lowest BCUT2D eigenvalue weighted by molar-refractivity contribution is -0.121. The highest BCUT2D eigenvalue weighted by Crippen LogP contribution is 2.19. The molecule has 0 radical (unpaired) electrons. The normalized spacial score (nSPS) is 10.9. The van der Waals surface area contributed by atoms with Crippen LogP contribution in [0.25, 0.3) is 10.9 Å². The number of ketones is 1. The van der Waals surface area contributed by atoms with Crippen LogP contribution in [0.3, 0.4) is 0 Å². The van der Waals surface area contributed by atoms with Crippen LogP contribution in [0.1, 0.15) is 27.0 Å². The molecule has 1 N–H and O–H groups in total. The lowest BCUT2D eigenvalue weighted by Gasteiger charge is -2.14. The Bertz CT molecular complexity index is 1420. The lowest BCUT2D eigenvalue weighted by atomic mass is 10.0. The molecule has 6 nitrogen and oxygen atoms in total. The molecule has 0 saturated heterocycles. The number of hydrogen-bond acceptors (Lipinski definition) is 4. The third-order valence-electron chi connectivity index (χ3n) is 5.26. The number of fused-ring (bicyclic) bond motifs is 1. The van der Waals surface area contributed by atoms with E-state index in [1.807, 2.05) is 0 Å². The van der Waals surface area contributed by atoms with Gasteiger partial charge in [0.1, 0.15) is 12.4 Å². The monoisotopic (exact) mass is 463 g/mol. The van der Waals surface area contributed by atoms with Crippen LogP contribution in [-0.2, 0) is 17.9 Å². The molecule has 0 atom stereocenters. The SMILES string of the molecule is Cc1cc2c(=O)c(C(=O)c3ccncc3)cn(CC(=O)NCc3ccc(Cl)cc3)c2cc1F. The van der Waals surface area contributed by atoms with Crippen LogP contribution in [0.5, 0.6) is 0 Å². The van der Waals surface area contributed by atoms with E-state index >= 15 is 0 Å². The van der Waals surface area contributed by atoms with Crippen LogP contribution >= 0.6 is 11.6 Å². The highest BCUT2D eigenvalue weighted by Gasteiger charge is 2.19. The summed E-state index contributed by atoms with van der Waals surface area (Å²) in [5, 5.41) is 3.54. The highest BCUT2D eigenvalue weighted by molar-refractivity contribution is 6.30. The molecule has 0 spiro atoms. The van der Waals surface area contributed by atoms with Crippen molar-refractivity contribution in [2.24, 2.45) is 0 Å². The quantitative estimate of drug-likeness (QED) is 0.437. The molecule has 8 heteroatoms. The third-order valence-corrected chi connectivity index (χ3v) is 5.52. The van der Waals surface area contributed by atoms with Crippen molar-refractivity contribution in [1.82, 2.24) is 14.9 Å². The van der Waals surface area contributed by atoms with Gasteiger partial charge in [0.05, 0.1) is 11.1 Å². The standard InChI is InChI=1S/C25H19ClFN3O3/c1-15-10-19-22(11-21(15)27)30(14-23(31)29-12-16-2-4-18(26)5-3-16)13-20(25(19)33)24(32)17-6-8-28-9-7-17/h2-11,13H,12,14H2,1H3,(H,29,31). The number of rotatable bonds is 6. The summed E-state index contributed by atoms with van der Waals surface area (Å²) in [5.74, 6) is -1.37. The molecule has 33 heavy (non-hydrogen) atoms. The predicted octanol–water partition coefficient (Wildman–Crippen LogP) is 4.04. The van der Waals surface area contributed by atoms with Crippen molar-refractivity contribution in [3.05, 3.63) is 110 Å². The minimum atomic E-state index is -0.521. The first-order chi connectivity index (χ1) is 15.8. The Hall–Kier alpha value is -3.84. The van der Waals surface area contributed by atoms with E-state index in [2.05, 4.69) is 10.3 Å². The van der Waals surface area contributed by atoms with E-state index < -0.39 is 17.0 Å². The zero-order chi connectivity index (χ0) is 23.5. The number of amides is 1. The Morgan fingerprint density at radius 2 is 1.79 bits per heavy atom. The van der Waals surface area contributed by atoms with Gasteiger partial charge in [-0.3, -0.25) is 19.4 Å². The Kier molecular flexibility index (Phi) is 6.33. The molecule has 2 aromatic carbocycles. The molecule has 4 rings (SSSR count). The molecule has 4 aromatic rings. The average Bonchev–Trinajstić information content (AvgIpc) is 2.82. The molecule has 0 aliphatic carbocycles. The van der Waals surface area contributed by atoms with Crippen LogP contribution in [-0.4, -0.2) is 21.2 Å². The van der Waals surface area contributed by atoms with Gasteiger partial charge in [-0.1, -0.05) is 23.7 Å². The van der Waals surface area contributed by atoms with E-state index in [0.717, 1.165) is 5.56 Å². The number of carbonyl (C=O) groups is 2. The van der Waals surface area contributed by atoms with E-state index in [0.29, 0.717) is 10.6 Å². The van der Waals surface area contributed by atoms with Gasteiger partial charge in [0, 0.05) is 41.1 Å². The number of carbonyl (C=O) groups excluding carboxylic acids is 2. The van der Waals surface area contributed by atoms with Gasteiger partial charge in [-0.15, -0.1) is 0 Å². The lowest BCUT2D eigenvalue weighted by Crippen LogP contribution is -2.29. The number of hydrogen-bond donors (Lipinski definition) is 1. The van der Waals surface area contributed by atoms with E-state index in [4.69, 9.17) is 11.6 Å². The average molecular weight is 464 g/mol. The summed E-state index contributed by atoms with van der Waals surface area (Å²) in [7, 11) is 0. The number of benzene rings is 2. The summed E-state index contributed by atoms with van der Waals surface area (Å²) in [6, 6.07) is 12.6. The topological polar surface area (TPSA) is 81.1 Å². The fourth-order valence-electron chi connectivity index (χ4n) is 3.48. The first kappa shape index (κ1) is 22.4. The molecule has 0 saturated carbocycles. The molecular formula is C25H19ClFN3O3. The second kappa shape index (κ2) is 9.34. The van der Waals surface area contributed by atoms with Gasteiger partial charge in [0.15, 0.2) is 5.78 Å². The van der Waals surface area contributed by atoms with E-state index in [-0.39, 0.29) is 41.0 Å². The third kappa shape index (κ3) is 4.83. The predicted molar refractivity (Wildman–Crippen MR) is 124 cm³/mol. The number of pyridine rings is 2. The maximum absolute atomic E-state index is 14.3. The van der Waals surface area contributed by atoms with Crippen molar-refractivity contribution in [1.29, 1.82) is 0 Å². The van der Waals surface area contributed by atoms with Crippen LogP contribution in [0.4, 0.5) is 4.39 Å². The van der Waals surface area contributed by atoms with E-state index in [9.17, 15) is 18.8 Å². The first-order valence-electron chi connectivity index (χ1n) is 10.1. The summed E-state index contributed by atoms with van der Waals surface area (Å²) in [4.78, 5) is 42.7. The Morgan fingerprint density at radius 3 is 2.48 bits per heavy atom. The fraction of sp³-hybridized carbons (Fsp3) is 0.120. The smallest absolute Gasteiger partial charge is 0.240 e. The minimum Gasteiger partial charge on any atom is -0.350 e. The summed E-state index contributed by atoms with van der Waals surface area (Å²) in [5.41, 5.74) is 1.02. The maximum atomic E-state index is 14.3. The van der Waals surface area contributed by atoms with Crippen molar-refractivity contribution < 1.29 is 14.0 Å². The van der Waals surface area contributed by atoms with Crippen LogP contribution < -0.4 is 10.7 Å². The van der Waals surface area contributed by atoms with Crippen LogP contribution in [0.15, 0.2) is 71.9 Å². The van der Waals surface area contributed by atoms with Crippen molar-refractivity contribution >= 4 is 34.2 Å². The van der Waals surface area contributed by atoms with Crippen LogP contribution in [0.2, 0.25) is 5.02 Å². The molecule has 0 aliphatic heterocycles. The molecule has 2 heterocycles. The number of nitrogens with one attached hydrogen (secondary N) is 1. The molecule has 0 fully saturated rings. The number of aromatic nitrogens is 2. The van der Waals surface area contributed by atoms with E-state index in [1.165, 1.54) is 54.3 Å². The minimum absolute atomic E-state index is 0.106. The summed E-state index contributed by atoms with van der Waals surface area (Å²) >= 11 is 5.88. The van der Waals surface area contributed by atoms with Crippen molar-refractivity contribution in [3.8, 4) is 0 Å². The van der Waals surface area contributed by atoms with Gasteiger partial charge in [0.2, 0.25) is 11.3 Å². The molecule has 1 amide bonds. The van der Waals surface area contributed by atoms with Gasteiger partial charge in [-0.05, 0) is 54.4 Å². The van der Waals surface area contributed by atoms with Gasteiger partial charge < -0.3 is 9.88 Å². The molecular weight excluding hydrogens is 445 g/mol. The number of nitrogens with zero attached hydrogens (tertiary/aromatic N) is 2. The Balaban J connectivity index is 1.71. The molecule has 2 aromatic heterocycles. The van der Waals surface area contributed by atoms with Crippen molar-refractivity contribution in [3.63, 3.8) is 0 Å². The maximum Gasteiger partial charge on any atom is 0.240 e. The zero-order valence-electron chi connectivity index (χ0n) is 17.6. The molecule has 0 unspecified atom stereocenters. The summed E-state index contributed by atoms with van der Waals surface area (Å²) < 4.78 is 15.7. The summed E-state index contributed by atoms with van der Waals surface area (Å²) in [6.45, 7) is 1.60. The Morgan fingerprint density at radius 1 is 1.09 bits per heavy atom. The number of halogens is 2. The number of aryl methyl sites for hydroxylation is 1.